The van der Waals surface area contributed by atoms with Gasteiger partial charge in [-0.3, -0.25) is 4.79 Å². The van der Waals surface area contributed by atoms with Crippen LogP contribution in [0.2, 0.25) is 5.02 Å². The molecule has 3 aromatic rings. The van der Waals surface area contributed by atoms with E-state index in [0.717, 1.165) is 16.5 Å². The van der Waals surface area contributed by atoms with Crippen molar-refractivity contribution in [3.8, 4) is 5.75 Å². The molecule has 0 aliphatic heterocycles. The molecule has 0 radical (unpaired) electrons. The number of hydrogen-bond donors (Lipinski definition) is 2. The lowest BCUT2D eigenvalue weighted by Gasteiger charge is -2.16. The van der Waals surface area contributed by atoms with Crippen LogP contribution in [0.5, 0.6) is 5.75 Å². The fraction of sp³-hybridized carbons (Fsp3) is 0.238. The van der Waals surface area contributed by atoms with Crippen LogP contribution in [0, 0.1) is 0 Å². The number of rotatable bonds is 8. The zero-order valence-corrected chi connectivity index (χ0v) is 16.2. The van der Waals surface area contributed by atoms with Crippen molar-refractivity contribution >= 4 is 34.4 Å². The van der Waals surface area contributed by atoms with Gasteiger partial charge in [-0.2, -0.15) is 0 Å². The highest BCUT2D eigenvalue weighted by Crippen LogP contribution is 2.20. The number of carbonyl (C=O) groups excluding carboxylic acids is 2. The number of H-pyrrole nitrogens is 1. The van der Waals surface area contributed by atoms with Gasteiger partial charge in [0.1, 0.15) is 11.8 Å². The van der Waals surface area contributed by atoms with E-state index in [9.17, 15) is 9.59 Å². The summed E-state index contributed by atoms with van der Waals surface area (Å²) in [6.45, 7) is 0.174. The number of ether oxygens (including phenoxy) is 2. The molecule has 146 valence electrons. The van der Waals surface area contributed by atoms with Gasteiger partial charge in [0.25, 0.3) is 0 Å². The van der Waals surface area contributed by atoms with E-state index in [-0.39, 0.29) is 18.9 Å². The van der Waals surface area contributed by atoms with Crippen molar-refractivity contribution in [3.05, 3.63) is 65.3 Å². The first-order valence-electron chi connectivity index (χ1n) is 8.87. The molecular weight excluding hydrogens is 380 g/mol. The maximum absolute atomic E-state index is 12.3. The minimum atomic E-state index is -0.775. The number of carbonyl (C=O) groups is 2. The van der Waals surface area contributed by atoms with E-state index in [0.29, 0.717) is 17.2 Å². The van der Waals surface area contributed by atoms with Crippen molar-refractivity contribution in [2.45, 2.75) is 18.9 Å². The highest BCUT2D eigenvalue weighted by molar-refractivity contribution is 6.30. The van der Waals surface area contributed by atoms with E-state index in [1.165, 1.54) is 7.11 Å². The average Bonchev–Trinajstić information content (AvgIpc) is 3.10. The maximum atomic E-state index is 12.3. The number of benzene rings is 2. The smallest absolute Gasteiger partial charge is 0.328 e. The number of halogens is 1. The summed E-state index contributed by atoms with van der Waals surface area (Å²) in [7, 11) is 1.30. The zero-order valence-electron chi connectivity index (χ0n) is 15.4. The van der Waals surface area contributed by atoms with Gasteiger partial charge in [0, 0.05) is 28.5 Å². The molecule has 0 saturated carbocycles. The summed E-state index contributed by atoms with van der Waals surface area (Å²) in [6.07, 6.45) is 2.28. The van der Waals surface area contributed by atoms with Crippen molar-refractivity contribution in [2.24, 2.45) is 0 Å². The topological polar surface area (TPSA) is 80.4 Å². The molecule has 0 unspecified atom stereocenters. The maximum Gasteiger partial charge on any atom is 0.328 e. The SMILES string of the molecule is COC(=O)[C@@H](Cc1c[nH]c2ccccc12)NC(=O)CCOc1cccc(Cl)c1. The number of nitrogens with one attached hydrogen (secondary N) is 2. The molecule has 1 atom stereocenters. The van der Waals surface area contributed by atoms with Gasteiger partial charge in [0.15, 0.2) is 0 Å². The minimum Gasteiger partial charge on any atom is -0.493 e. The molecule has 0 saturated heterocycles. The minimum absolute atomic E-state index is 0.105. The first kappa shape index (κ1) is 19.8. The van der Waals surface area contributed by atoms with Crippen LogP contribution < -0.4 is 10.1 Å². The number of hydrogen-bond acceptors (Lipinski definition) is 4. The van der Waals surface area contributed by atoms with Crippen LogP contribution in [0.1, 0.15) is 12.0 Å². The number of para-hydroxylation sites is 1. The summed E-state index contributed by atoms with van der Waals surface area (Å²) < 4.78 is 10.4. The Morgan fingerprint density at radius 3 is 2.79 bits per heavy atom. The number of fused-ring (bicyclic) bond motifs is 1. The quantitative estimate of drug-likeness (QED) is 0.567. The summed E-state index contributed by atoms with van der Waals surface area (Å²) in [5, 5.41) is 4.31. The summed E-state index contributed by atoms with van der Waals surface area (Å²) in [4.78, 5) is 27.6. The standard InChI is InChI=1S/C21H21ClN2O4/c1-27-21(26)19(11-14-13-23-18-8-3-2-7-17(14)18)24-20(25)9-10-28-16-6-4-5-15(22)12-16/h2-8,12-13,19,23H,9-11H2,1H3,(H,24,25)/t19-/m1/s1. The molecule has 0 aliphatic carbocycles. The fourth-order valence-electron chi connectivity index (χ4n) is 2.94. The third kappa shape index (κ3) is 5.04. The summed E-state index contributed by atoms with van der Waals surface area (Å²) in [5.41, 5.74) is 1.91. The van der Waals surface area contributed by atoms with Crippen molar-refractivity contribution in [1.82, 2.24) is 10.3 Å². The number of esters is 1. The van der Waals surface area contributed by atoms with Gasteiger partial charge in [-0.1, -0.05) is 35.9 Å². The van der Waals surface area contributed by atoms with Crippen LogP contribution in [0.4, 0.5) is 0 Å². The highest BCUT2D eigenvalue weighted by Gasteiger charge is 2.23. The second kappa shape index (κ2) is 9.28. The number of aromatic amines is 1. The molecule has 1 heterocycles. The lowest BCUT2D eigenvalue weighted by molar-refractivity contribution is -0.145. The molecule has 2 aromatic carbocycles. The molecule has 0 aliphatic rings. The van der Waals surface area contributed by atoms with Crippen LogP contribution in [0.3, 0.4) is 0 Å². The molecule has 0 bridgehead atoms. The molecule has 1 amide bonds. The first-order chi connectivity index (χ1) is 13.6. The Labute approximate surface area is 167 Å². The van der Waals surface area contributed by atoms with Crippen LogP contribution in [-0.4, -0.2) is 36.6 Å². The predicted molar refractivity (Wildman–Crippen MR) is 108 cm³/mol. The summed E-state index contributed by atoms with van der Waals surface area (Å²) in [5.74, 6) is -0.199. The molecule has 2 N–H and O–H groups in total. The monoisotopic (exact) mass is 400 g/mol. The number of methoxy groups -OCH3 is 1. The molecule has 28 heavy (non-hydrogen) atoms. The van der Waals surface area contributed by atoms with E-state index in [1.807, 2.05) is 30.5 Å². The van der Waals surface area contributed by atoms with Crippen LogP contribution in [0.15, 0.2) is 54.7 Å². The average molecular weight is 401 g/mol. The van der Waals surface area contributed by atoms with Gasteiger partial charge in [0.05, 0.1) is 20.1 Å². The van der Waals surface area contributed by atoms with E-state index >= 15 is 0 Å². The van der Waals surface area contributed by atoms with Gasteiger partial charge in [0.2, 0.25) is 5.91 Å². The van der Waals surface area contributed by atoms with E-state index < -0.39 is 12.0 Å². The van der Waals surface area contributed by atoms with Crippen LogP contribution >= 0.6 is 11.6 Å². The third-order valence-corrected chi connectivity index (χ3v) is 4.55. The number of amides is 1. The van der Waals surface area contributed by atoms with Crippen molar-refractivity contribution in [1.29, 1.82) is 0 Å². The van der Waals surface area contributed by atoms with E-state index in [4.69, 9.17) is 21.1 Å². The molecule has 6 nitrogen and oxygen atoms in total. The first-order valence-corrected chi connectivity index (χ1v) is 9.25. The van der Waals surface area contributed by atoms with Crippen LogP contribution in [-0.2, 0) is 20.7 Å². The largest absolute Gasteiger partial charge is 0.493 e. The second-order valence-electron chi connectivity index (χ2n) is 6.26. The van der Waals surface area contributed by atoms with Crippen molar-refractivity contribution < 1.29 is 19.1 Å². The Bertz CT molecular complexity index is 970. The Morgan fingerprint density at radius 1 is 1.18 bits per heavy atom. The van der Waals surface area contributed by atoms with Gasteiger partial charge in [-0.15, -0.1) is 0 Å². The Morgan fingerprint density at radius 2 is 2.00 bits per heavy atom. The number of aromatic nitrogens is 1. The van der Waals surface area contributed by atoms with E-state index in [2.05, 4.69) is 10.3 Å². The lowest BCUT2D eigenvalue weighted by Crippen LogP contribution is -2.43. The zero-order chi connectivity index (χ0) is 19.9. The normalized spacial score (nSPS) is 11.8. The molecule has 0 fully saturated rings. The van der Waals surface area contributed by atoms with Crippen molar-refractivity contribution in [3.63, 3.8) is 0 Å². The molecule has 0 spiro atoms. The molecule has 3 rings (SSSR count). The molecule has 7 heteroatoms. The highest BCUT2D eigenvalue weighted by atomic mass is 35.5. The Balaban J connectivity index is 1.59. The fourth-order valence-corrected chi connectivity index (χ4v) is 3.12. The molecular formula is C21H21ClN2O4. The van der Waals surface area contributed by atoms with Gasteiger partial charge in [-0.25, -0.2) is 4.79 Å². The van der Waals surface area contributed by atoms with Crippen molar-refractivity contribution in [2.75, 3.05) is 13.7 Å². The van der Waals surface area contributed by atoms with Gasteiger partial charge >= 0.3 is 5.97 Å². The Hall–Kier alpha value is -2.99. The van der Waals surface area contributed by atoms with Gasteiger partial charge < -0.3 is 19.8 Å². The van der Waals surface area contributed by atoms with Gasteiger partial charge in [-0.05, 0) is 29.8 Å². The predicted octanol–water partition coefficient (Wildman–Crippen LogP) is 3.49. The second-order valence-corrected chi connectivity index (χ2v) is 6.70. The molecule has 1 aromatic heterocycles. The lowest BCUT2D eigenvalue weighted by atomic mass is 10.0. The third-order valence-electron chi connectivity index (χ3n) is 4.31. The summed E-state index contributed by atoms with van der Waals surface area (Å²) >= 11 is 5.90. The summed E-state index contributed by atoms with van der Waals surface area (Å²) in [6, 6.07) is 14.0. The Kier molecular flexibility index (Phi) is 6.55. The van der Waals surface area contributed by atoms with Crippen LogP contribution in [0.25, 0.3) is 10.9 Å². The van der Waals surface area contributed by atoms with E-state index in [1.54, 1.807) is 24.3 Å².